The summed E-state index contributed by atoms with van der Waals surface area (Å²) in [7, 11) is 6.62. The first-order chi connectivity index (χ1) is 31.1. The molecular weight excluding hydrogens is 875 g/mol. The number of nitrogens with one attached hydrogen (secondary N) is 1. The number of benzene rings is 3. The Hall–Kier alpha value is -3.55. The molecule has 0 unspecified atom stereocenters. The number of carbonyl (C=O) groups is 1. The minimum atomic E-state index is -0.408. The van der Waals surface area contributed by atoms with Gasteiger partial charge >= 0.3 is 6.09 Å². The number of hydrogen-bond donors (Lipinski definition) is 2. The van der Waals surface area contributed by atoms with Crippen molar-refractivity contribution in [3.8, 4) is 23.0 Å². The fraction of sp³-hybridized carbons (Fsp3) is 0.627. The van der Waals surface area contributed by atoms with E-state index in [0.717, 1.165) is 81.1 Å². The van der Waals surface area contributed by atoms with Gasteiger partial charge in [0.05, 0.1) is 53.2 Å². The van der Waals surface area contributed by atoms with Crippen LogP contribution in [0.25, 0.3) is 0 Å². The van der Waals surface area contributed by atoms with E-state index in [-0.39, 0.29) is 65.6 Å². The van der Waals surface area contributed by atoms with Crippen LogP contribution in [0, 0.1) is 22.7 Å². The molecule has 6 atom stereocenters. The van der Waals surface area contributed by atoms with Crippen molar-refractivity contribution in [2.75, 3.05) is 73.3 Å². The normalized spacial score (nSPS) is 22.8. The van der Waals surface area contributed by atoms with E-state index in [1.54, 1.807) is 28.4 Å². The molecule has 4 aliphatic heterocycles. The van der Waals surface area contributed by atoms with Crippen molar-refractivity contribution in [3.05, 3.63) is 82.4 Å². The minimum absolute atomic E-state index is 0.0719. The average Bonchev–Trinajstić information content (AvgIpc) is 3.28. The summed E-state index contributed by atoms with van der Waals surface area (Å²) in [4.78, 5) is 17.8. The van der Waals surface area contributed by atoms with Gasteiger partial charge in [-0.15, -0.1) is 23.2 Å². The van der Waals surface area contributed by atoms with Crippen molar-refractivity contribution in [1.29, 1.82) is 0 Å². The number of amides is 1. The number of hydrogen-bond acceptors (Lipinski definition) is 9. The van der Waals surface area contributed by atoms with Crippen LogP contribution in [0.15, 0.2) is 54.6 Å². The number of alkyl halides is 4. The van der Waals surface area contributed by atoms with Crippen molar-refractivity contribution in [1.82, 2.24) is 15.1 Å². The summed E-state index contributed by atoms with van der Waals surface area (Å²) < 4.78 is 54.2. The van der Waals surface area contributed by atoms with Gasteiger partial charge in [-0.2, -0.15) is 0 Å². The standard InChI is InChI=1S/C29H39FN2O4.C21H32FNO3.CH2Cl2/c1-29(2,11-12-30)17-22-19-32-13-10-21-14-26(34-3)27(35-4)15-23(21)24(32)16-25(22)36-28(33)31-18-20-8-6-5-7-9-20;1-21(2,6-7-22)12-15-13-23-8-5-14-9-19(25-3)20(26-4)10-16(14)17(23)11-18(15)24;2-1-3/h5-9,14-15,22,24-25H,10-13,16-19H2,1-4H3,(H,31,33);9-10,15,17-18,24H,5-8,11-13H2,1-4H3;1H2/t22-,24-,25-;15-,17-,18-;/m11./s1. The number of fused-ring (bicyclic) bond motifs is 6. The Morgan fingerprint density at radius 1 is 0.723 bits per heavy atom. The molecule has 3 aromatic carbocycles. The summed E-state index contributed by atoms with van der Waals surface area (Å²) in [5.41, 5.74) is 5.76. The molecule has 2 fully saturated rings. The van der Waals surface area contributed by atoms with Gasteiger partial charge in [0.2, 0.25) is 0 Å². The number of methoxy groups -OCH3 is 4. The fourth-order valence-corrected chi connectivity index (χ4v) is 10.5. The molecule has 0 saturated carbocycles. The highest BCUT2D eigenvalue weighted by atomic mass is 35.5. The highest BCUT2D eigenvalue weighted by Crippen LogP contribution is 2.47. The Labute approximate surface area is 396 Å². The van der Waals surface area contributed by atoms with Crippen molar-refractivity contribution < 1.29 is 42.4 Å². The SMILES string of the molecule is COc1cc2c(cc1OC)[C@H]1C[C@@H](O)[C@H](CC(C)(C)CCF)CN1CC2.COc1cc2c(cc1OC)[C@H]1C[C@@H](OC(=O)NCc3ccccc3)[C@H](CC(C)(C)CCF)CN1CC2.ClCCl. The predicted octanol–water partition coefficient (Wildman–Crippen LogP) is 10.9. The third-order valence-corrected chi connectivity index (χ3v) is 13.9. The monoisotopic (exact) mass is 947 g/mol. The first-order valence-electron chi connectivity index (χ1n) is 23.0. The summed E-state index contributed by atoms with van der Waals surface area (Å²) in [5.74, 6) is 3.29. The molecule has 10 nitrogen and oxygen atoms in total. The Morgan fingerprint density at radius 3 is 1.65 bits per heavy atom. The van der Waals surface area contributed by atoms with Crippen LogP contribution < -0.4 is 24.3 Å². The van der Waals surface area contributed by atoms with E-state index in [4.69, 9.17) is 46.9 Å². The number of aliphatic hydroxyl groups is 1. The zero-order valence-corrected chi connectivity index (χ0v) is 41.3. The van der Waals surface area contributed by atoms with Gasteiger partial charge in [0, 0.05) is 57.1 Å². The largest absolute Gasteiger partial charge is 0.493 e. The number of aliphatic hydroxyl groups excluding tert-OH is 1. The molecule has 3 aromatic rings. The van der Waals surface area contributed by atoms with Crippen molar-refractivity contribution >= 4 is 29.3 Å². The molecule has 4 heterocycles. The quantitative estimate of drug-likeness (QED) is 0.144. The summed E-state index contributed by atoms with van der Waals surface area (Å²) in [5, 5.41) is 13.9. The Kier molecular flexibility index (Phi) is 19.7. The first-order valence-corrected chi connectivity index (χ1v) is 24.1. The summed E-state index contributed by atoms with van der Waals surface area (Å²) in [6, 6.07) is 18.4. The molecule has 362 valence electrons. The Balaban J connectivity index is 0.000000241. The molecule has 0 spiro atoms. The maximum absolute atomic E-state index is 13.3. The maximum Gasteiger partial charge on any atom is 0.407 e. The number of halogens is 4. The number of carbonyl (C=O) groups excluding carboxylic acids is 1. The topological polar surface area (TPSA) is 102 Å². The first kappa shape index (κ1) is 52.4. The second-order valence-corrected chi connectivity index (χ2v) is 20.2. The van der Waals surface area contributed by atoms with Crippen molar-refractivity contribution in [3.63, 3.8) is 0 Å². The summed E-state index contributed by atoms with van der Waals surface area (Å²) in [6.45, 7) is 11.8. The summed E-state index contributed by atoms with van der Waals surface area (Å²) >= 11 is 9.53. The molecule has 2 saturated heterocycles. The molecule has 0 aromatic heterocycles. The number of piperidine rings is 2. The molecule has 4 aliphatic rings. The van der Waals surface area contributed by atoms with Gasteiger partial charge in [0.15, 0.2) is 23.0 Å². The molecule has 0 radical (unpaired) electrons. The lowest BCUT2D eigenvalue weighted by atomic mass is 9.73. The Bertz CT molecular complexity index is 1960. The lowest BCUT2D eigenvalue weighted by Crippen LogP contribution is -2.50. The zero-order chi connectivity index (χ0) is 47.3. The van der Waals surface area contributed by atoms with E-state index in [0.29, 0.717) is 31.6 Å². The van der Waals surface area contributed by atoms with Crippen LogP contribution in [-0.2, 0) is 24.1 Å². The smallest absolute Gasteiger partial charge is 0.407 e. The van der Waals surface area contributed by atoms with Crippen molar-refractivity contribution in [2.45, 2.75) is 110 Å². The third-order valence-electron chi connectivity index (χ3n) is 13.9. The van der Waals surface area contributed by atoms with Crippen LogP contribution >= 0.6 is 23.2 Å². The molecule has 0 aliphatic carbocycles. The highest BCUT2D eigenvalue weighted by Gasteiger charge is 2.44. The van der Waals surface area contributed by atoms with Gasteiger partial charge in [-0.25, -0.2) is 4.79 Å². The van der Waals surface area contributed by atoms with E-state index < -0.39 is 6.09 Å². The number of rotatable bonds is 15. The molecule has 7 rings (SSSR count). The lowest BCUT2D eigenvalue weighted by Gasteiger charge is -2.48. The number of ether oxygens (including phenoxy) is 5. The third kappa shape index (κ3) is 14.0. The Morgan fingerprint density at radius 2 is 1.17 bits per heavy atom. The van der Waals surface area contributed by atoms with E-state index in [2.05, 4.69) is 67.1 Å². The van der Waals surface area contributed by atoms with Crippen LogP contribution in [0.3, 0.4) is 0 Å². The van der Waals surface area contributed by atoms with Crippen LogP contribution in [-0.4, -0.2) is 107 Å². The van der Waals surface area contributed by atoms with Gasteiger partial charge in [-0.05, 0) is 114 Å². The van der Waals surface area contributed by atoms with Crippen LogP contribution in [0.5, 0.6) is 23.0 Å². The number of alkyl carbamates (subject to hydrolysis) is 1. The predicted molar refractivity (Wildman–Crippen MR) is 255 cm³/mol. The van der Waals surface area contributed by atoms with Crippen LogP contribution in [0.2, 0.25) is 0 Å². The summed E-state index contributed by atoms with van der Waals surface area (Å²) in [6.07, 6.45) is 5.01. The molecule has 2 N–H and O–H groups in total. The number of nitrogens with zero attached hydrogens (tertiary/aromatic N) is 2. The fourth-order valence-electron chi connectivity index (χ4n) is 10.5. The van der Waals surface area contributed by atoms with Gasteiger partial charge in [-0.3, -0.25) is 18.6 Å². The van der Waals surface area contributed by atoms with E-state index in [1.165, 1.54) is 22.3 Å². The van der Waals surface area contributed by atoms with Gasteiger partial charge in [-0.1, -0.05) is 58.0 Å². The molecule has 14 heteroatoms. The van der Waals surface area contributed by atoms with E-state index >= 15 is 0 Å². The van der Waals surface area contributed by atoms with Gasteiger partial charge in [0.25, 0.3) is 0 Å². The highest BCUT2D eigenvalue weighted by molar-refractivity contribution is 6.40. The second-order valence-electron chi connectivity index (χ2n) is 19.4. The van der Waals surface area contributed by atoms with E-state index in [1.807, 2.05) is 30.3 Å². The van der Waals surface area contributed by atoms with Crippen LogP contribution in [0.4, 0.5) is 13.6 Å². The van der Waals surface area contributed by atoms with Crippen LogP contribution in [0.1, 0.15) is 106 Å². The average molecular weight is 949 g/mol. The van der Waals surface area contributed by atoms with E-state index in [9.17, 15) is 18.7 Å². The van der Waals surface area contributed by atoms with Gasteiger partial charge < -0.3 is 34.1 Å². The molecule has 0 bridgehead atoms. The molecular formula is C51H73Cl2F2N3O7. The van der Waals surface area contributed by atoms with Crippen molar-refractivity contribution in [2.24, 2.45) is 22.7 Å². The molecule has 1 amide bonds. The van der Waals surface area contributed by atoms with Gasteiger partial charge in [0.1, 0.15) is 6.10 Å². The lowest BCUT2D eigenvalue weighted by molar-refractivity contribution is -0.0376. The second kappa shape index (κ2) is 24.5. The zero-order valence-electron chi connectivity index (χ0n) is 39.8. The maximum atomic E-state index is 13.3. The molecule has 65 heavy (non-hydrogen) atoms. The minimum Gasteiger partial charge on any atom is -0.493 e.